The van der Waals surface area contributed by atoms with Crippen molar-refractivity contribution in [2.24, 2.45) is 46.3 Å². The van der Waals surface area contributed by atoms with Crippen molar-refractivity contribution in [2.75, 3.05) is 0 Å². The van der Waals surface area contributed by atoms with Crippen LogP contribution in [0.15, 0.2) is 0 Å². The largest absolute Gasteiger partial charge is 0.339 e. The molecule has 0 aromatic rings. The van der Waals surface area contributed by atoms with E-state index in [9.17, 15) is 4.79 Å². The van der Waals surface area contributed by atoms with Gasteiger partial charge in [-0.15, -0.1) is 0 Å². The second-order valence-electron chi connectivity index (χ2n) is 11.6. The molecule has 1 aliphatic heterocycles. The van der Waals surface area contributed by atoms with Crippen LogP contribution in [-0.4, -0.2) is 11.4 Å². The maximum atomic E-state index is 13.1. The van der Waals surface area contributed by atoms with E-state index in [4.69, 9.17) is 0 Å². The molecule has 2 nitrogen and oxygen atoms in total. The summed E-state index contributed by atoms with van der Waals surface area (Å²) in [5, 5.41) is 3.62. The molecule has 1 N–H and O–H groups in total. The highest BCUT2D eigenvalue weighted by atomic mass is 16.2. The van der Waals surface area contributed by atoms with Gasteiger partial charge in [0.2, 0.25) is 5.91 Å². The lowest BCUT2D eigenvalue weighted by Crippen LogP contribution is -2.64. The second kappa shape index (κ2) is 3.91. The van der Waals surface area contributed by atoms with Crippen molar-refractivity contribution in [2.45, 2.75) is 82.6 Å². The lowest BCUT2D eigenvalue weighted by Gasteiger charge is -2.66. The van der Waals surface area contributed by atoms with E-state index in [-0.39, 0.29) is 5.54 Å². The van der Waals surface area contributed by atoms with Crippen LogP contribution in [0.2, 0.25) is 0 Å². The van der Waals surface area contributed by atoms with Gasteiger partial charge >= 0.3 is 0 Å². The fourth-order valence-corrected chi connectivity index (χ4v) is 10.6. The third-order valence-corrected chi connectivity index (χ3v) is 10.2. The zero-order valence-electron chi connectivity index (χ0n) is 14.9. The molecular formula is C22H31NO. The van der Waals surface area contributed by atoms with E-state index in [0.29, 0.717) is 16.7 Å². The first-order valence-electron chi connectivity index (χ1n) is 10.9. The number of carbonyl (C=O) groups is 1. The molecule has 0 aromatic heterocycles. The molecule has 1 amide bonds. The van der Waals surface area contributed by atoms with E-state index >= 15 is 0 Å². The van der Waals surface area contributed by atoms with Crippen molar-refractivity contribution in [1.29, 1.82) is 0 Å². The van der Waals surface area contributed by atoms with Gasteiger partial charge in [0.15, 0.2) is 0 Å². The Morgan fingerprint density at radius 1 is 0.583 bits per heavy atom. The number of hydrogen-bond donors (Lipinski definition) is 1. The van der Waals surface area contributed by atoms with Gasteiger partial charge in [0.05, 0.1) is 0 Å². The Balaban J connectivity index is 1.36. The molecule has 0 unspecified atom stereocenters. The minimum Gasteiger partial charge on any atom is -0.339 e. The number of carbonyl (C=O) groups excluding carboxylic acids is 1. The number of hydrogen-bond acceptors (Lipinski definition) is 1. The monoisotopic (exact) mass is 325 g/mol. The highest BCUT2D eigenvalue weighted by molar-refractivity contribution is 6.04. The number of rotatable bonds is 2. The Hall–Kier alpha value is -0.530. The van der Waals surface area contributed by atoms with Gasteiger partial charge in [0, 0.05) is 10.8 Å². The molecule has 24 heavy (non-hydrogen) atoms. The maximum Gasteiger partial charge on any atom is 0.247 e. The van der Waals surface area contributed by atoms with E-state index < -0.39 is 0 Å². The molecule has 1 saturated heterocycles. The average molecular weight is 325 g/mol. The Labute approximate surface area is 145 Å². The van der Waals surface area contributed by atoms with Crippen LogP contribution in [0.4, 0.5) is 0 Å². The molecule has 8 aliphatic carbocycles. The second-order valence-corrected chi connectivity index (χ2v) is 11.6. The Kier molecular flexibility index (Phi) is 2.22. The van der Waals surface area contributed by atoms with Gasteiger partial charge in [-0.3, -0.25) is 4.79 Å². The third-order valence-electron chi connectivity index (χ3n) is 10.2. The predicted molar refractivity (Wildman–Crippen MR) is 92.1 cm³/mol. The molecule has 9 rings (SSSR count). The van der Waals surface area contributed by atoms with E-state index in [0.717, 1.165) is 35.5 Å². The molecule has 0 atom stereocenters. The summed E-state index contributed by atoms with van der Waals surface area (Å²) in [4.78, 5) is 13.1. The van der Waals surface area contributed by atoms with Crippen molar-refractivity contribution in [3.63, 3.8) is 0 Å². The summed E-state index contributed by atoms with van der Waals surface area (Å²) in [5.74, 6) is 6.23. The maximum absolute atomic E-state index is 13.1. The molecule has 9 aliphatic rings. The fraction of sp³-hybridized carbons (Fsp3) is 0.955. The molecule has 8 bridgehead atoms. The zero-order chi connectivity index (χ0) is 15.7. The summed E-state index contributed by atoms with van der Waals surface area (Å²) >= 11 is 0. The van der Waals surface area contributed by atoms with Crippen LogP contribution in [0.3, 0.4) is 0 Å². The molecule has 0 aromatic carbocycles. The summed E-state index contributed by atoms with van der Waals surface area (Å²) in [7, 11) is 0. The van der Waals surface area contributed by atoms with Crippen molar-refractivity contribution >= 4 is 5.91 Å². The molecule has 0 spiro atoms. The minimum absolute atomic E-state index is 0.0635. The number of nitrogens with one attached hydrogen (secondary N) is 1. The van der Waals surface area contributed by atoms with E-state index in [2.05, 4.69) is 5.32 Å². The minimum atomic E-state index is -0.0635. The zero-order valence-corrected chi connectivity index (χ0v) is 14.9. The molecule has 8 saturated carbocycles. The van der Waals surface area contributed by atoms with Crippen LogP contribution in [0.5, 0.6) is 0 Å². The normalized spacial score (nSPS) is 65.2. The van der Waals surface area contributed by atoms with Gasteiger partial charge in [-0.25, -0.2) is 0 Å². The van der Waals surface area contributed by atoms with E-state index in [1.807, 2.05) is 0 Å². The van der Waals surface area contributed by atoms with E-state index in [1.54, 1.807) is 0 Å². The summed E-state index contributed by atoms with van der Waals surface area (Å²) in [6.45, 7) is 0. The number of amides is 1. The summed E-state index contributed by atoms with van der Waals surface area (Å²) < 4.78 is 0. The Bertz CT molecular complexity index is 519. The van der Waals surface area contributed by atoms with Crippen LogP contribution < -0.4 is 5.32 Å². The molecule has 1 heterocycles. The summed E-state index contributed by atoms with van der Waals surface area (Å²) in [6.07, 6.45) is 17.3. The van der Waals surface area contributed by atoms with E-state index in [1.165, 1.54) is 77.0 Å². The topological polar surface area (TPSA) is 39.0 Å². The van der Waals surface area contributed by atoms with Gasteiger partial charge < -0.3 is 5.32 Å². The Morgan fingerprint density at radius 3 is 1.04 bits per heavy atom. The SMILES string of the molecule is O=C1NC1(C12CC3CC(CC(C3)C1)C2)C12CC3CC(CC(C3)C1)C2. The van der Waals surface area contributed by atoms with Gasteiger partial charge in [-0.05, 0) is 113 Å². The van der Waals surface area contributed by atoms with Crippen molar-refractivity contribution in [3.8, 4) is 0 Å². The van der Waals surface area contributed by atoms with Crippen molar-refractivity contribution < 1.29 is 4.79 Å². The van der Waals surface area contributed by atoms with Gasteiger partial charge in [-0.1, -0.05) is 0 Å². The standard InChI is InChI=1S/C22H31NO/c24-19-22(23-19,20-7-13-1-14(8-20)3-15(2-13)9-20)21-10-16-4-17(11-21)6-18(5-16)12-21/h13-18H,1-12H2,(H,23,24). The molecule has 130 valence electrons. The van der Waals surface area contributed by atoms with Gasteiger partial charge in [-0.2, -0.15) is 0 Å². The lowest BCUT2D eigenvalue weighted by molar-refractivity contribution is -0.160. The van der Waals surface area contributed by atoms with Gasteiger partial charge in [0.1, 0.15) is 5.54 Å². The first-order valence-corrected chi connectivity index (χ1v) is 10.9. The highest BCUT2D eigenvalue weighted by Gasteiger charge is 2.79. The smallest absolute Gasteiger partial charge is 0.247 e. The predicted octanol–water partition coefficient (Wildman–Crippen LogP) is 4.29. The van der Waals surface area contributed by atoms with Crippen LogP contribution in [-0.2, 0) is 4.79 Å². The van der Waals surface area contributed by atoms with Crippen molar-refractivity contribution in [1.82, 2.24) is 5.32 Å². The quantitative estimate of drug-likeness (QED) is 0.756. The fourth-order valence-electron chi connectivity index (χ4n) is 10.6. The van der Waals surface area contributed by atoms with Crippen LogP contribution in [0.25, 0.3) is 0 Å². The first-order chi connectivity index (χ1) is 11.6. The summed E-state index contributed by atoms with van der Waals surface area (Å²) in [5.41, 5.74) is 0.668. The third kappa shape index (κ3) is 1.39. The average Bonchev–Trinajstić information content (AvgIpc) is 3.19. The van der Waals surface area contributed by atoms with Gasteiger partial charge in [0.25, 0.3) is 0 Å². The lowest BCUT2D eigenvalue weighted by atomic mass is 9.37. The van der Waals surface area contributed by atoms with Crippen LogP contribution in [0.1, 0.15) is 77.0 Å². The highest BCUT2D eigenvalue weighted by Crippen LogP contribution is 2.75. The summed E-state index contributed by atoms with van der Waals surface area (Å²) in [6, 6.07) is 0. The van der Waals surface area contributed by atoms with Crippen LogP contribution >= 0.6 is 0 Å². The molecule has 9 fully saturated rings. The van der Waals surface area contributed by atoms with Crippen molar-refractivity contribution in [3.05, 3.63) is 0 Å². The first kappa shape index (κ1) is 13.6. The molecule has 0 radical (unpaired) electrons. The Morgan fingerprint density at radius 2 is 0.833 bits per heavy atom. The molecule has 2 heteroatoms. The van der Waals surface area contributed by atoms with Crippen LogP contribution in [0, 0.1) is 46.3 Å². The molecular weight excluding hydrogens is 294 g/mol.